The first kappa shape index (κ1) is 24.8. The van der Waals surface area contributed by atoms with Crippen LogP contribution in [0.2, 0.25) is 0 Å². The second-order valence-corrected chi connectivity index (χ2v) is 8.38. The molecular formula is C30H21F3N2O3. The Morgan fingerprint density at radius 2 is 1.68 bits per heavy atom. The SMILES string of the molecule is COc1ccc(-c2nn(-c3ccccc3)cc2C=CC(=O)c2ccc(-c3cccc(C(F)(F)F)c3)o2)cc1. The number of para-hydroxylation sites is 1. The summed E-state index contributed by atoms with van der Waals surface area (Å²) in [7, 11) is 1.59. The fourth-order valence-corrected chi connectivity index (χ4v) is 3.92. The fourth-order valence-electron chi connectivity index (χ4n) is 3.92. The maximum atomic E-state index is 13.1. The summed E-state index contributed by atoms with van der Waals surface area (Å²) in [4.78, 5) is 12.9. The number of hydrogen-bond donors (Lipinski definition) is 0. The second kappa shape index (κ2) is 10.3. The Morgan fingerprint density at radius 3 is 2.39 bits per heavy atom. The maximum Gasteiger partial charge on any atom is 0.416 e. The lowest BCUT2D eigenvalue weighted by molar-refractivity contribution is -0.137. The molecule has 8 heteroatoms. The number of alkyl halides is 3. The number of allylic oxidation sites excluding steroid dienone is 1. The second-order valence-electron chi connectivity index (χ2n) is 8.38. The molecule has 0 radical (unpaired) electrons. The quantitative estimate of drug-likeness (QED) is 0.165. The molecule has 190 valence electrons. The predicted octanol–water partition coefficient (Wildman–Crippen LogP) is 7.72. The number of benzene rings is 3. The molecule has 3 aromatic carbocycles. The molecule has 2 heterocycles. The average molecular weight is 515 g/mol. The van der Waals surface area contributed by atoms with Gasteiger partial charge in [-0.25, -0.2) is 4.68 Å². The van der Waals surface area contributed by atoms with Gasteiger partial charge in [-0.1, -0.05) is 30.3 Å². The predicted molar refractivity (Wildman–Crippen MR) is 138 cm³/mol. The highest BCUT2D eigenvalue weighted by Crippen LogP contribution is 2.33. The summed E-state index contributed by atoms with van der Waals surface area (Å²) >= 11 is 0. The number of hydrogen-bond acceptors (Lipinski definition) is 4. The normalized spacial score (nSPS) is 11.7. The number of nitrogens with zero attached hydrogens (tertiary/aromatic N) is 2. The van der Waals surface area contributed by atoms with Crippen molar-refractivity contribution in [2.45, 2.75) is 6.18 Å². The third-order valence-electron chi connectivity index (χ3n) is 5.86. The number of carbonyl (C=O) groups is 1. The molecule has 0 aliphatic carbocycles. The van der Waals surface area contributed by atoms with Crippen LogP contribution in [0.4, 0.5) is 13.2 Å². The van der Waals surface area contributed by atoms with Crippen molar-refractivity contribution in [1.29, 1.82) is 0 Å². The summed E-state index contributed by atoms with van der Waals surface area (Å²) in [5.74, 6) is 0.452. The summed E-state index contributed by atoms with van der Waals surface area (Å²) in [6.07, 6.45) is 0.333. The van der Waals surface area contributed by atoms with Crippen LogP contribution >= 0.6 is 0 Å². The van der Waals surface area contributed by atoms with Gasteiger partial charge in [0, 0.05) is 22.9 Å². The summed E-state index contributed by atoms with van der Waals surface area (Å²) in [6.45, 7) is 0. The molecule has 0 unspecified atom stereocenters. The molecule has 0 fully saturated rings. The lowest BCUT2D eigenvalue weighted by Crippen LogP contribution is -2.04. The van der Waals surface area contributed by atoms with Crippen molar-refractivity contribution in [1.82, 2.24) is 9.78 Å². The average Bonchev–Trinajstić information content (AvgIpc) is 3.60. The van der Waals surface area contributed by atoms with Gasteiger partial charge in [0.2, 0.25) is 5.78 Å². The number of halogens is 3. The zero-order valence-electron chi connectivity index (χ0n) is 20.1. The number of rotatable bonds is 7. The molecule has 5 rings (SSSR count). The van der Waals surface area contributed by atoms with Gasteiger partial charge >= 0.3 is 6.18 Å². The van der Waals surface area contributed by atoms with E-state index in [9.17, 15) is 18.0 Å². The summed E-state index contributed by atoms with van der Waals surface area (Å²) in [5.41, 5.74) is 2.47. The Balaban J connectivity index is 1.44. The minimum absolute atomic E-state index is 0.00936. The standard InChI is InChI=1S/C30H21F3N2O3/c1-37-25-13-10-20(11-14-25)29-22(19-35(34-29)24-8-3-2-4-9-24)12-15-26(36)28-17-16-27(38-28)21-6-5-7-23(18-21)30(31,32)33/h2-19H,1H3. The molecule has 0 aliphatic rings. The molecule has 0 bridgehead atoms. The molecule has 2 aromatic heterocycles. The molecule has 38 heavy (non-hydrogen) atoms. The van der Waals surface area contributed by atoms with E-state index in [1.165, 1.54) is 30.3 Å². The van der Waals surface area contributed by atoms with E-state index in [1.54, 1.807) is 17.9 Å². The highest BCUT2D eigenvalue weighted by molar-refractivity contribution is 6.05. The van der Waals surface area contributed by atoms with Crippen LogP contribution in [-0.4, -0.2) is 22.7 Å². The Kier molecular flexibility index (Phi) is 6.70. The van der Waals surface area contributed by atoms with Crippen LogP contribution in [-0.2, 0) is 6.18 Å². The van der Waals surface area contributed by atoms with E-state index in [1.807, 2.05) is 60.8 Å². The van der Waals surface area contributed by atoms with Gasteiger partial charge < -0.3 is 9.15 Å². The molecule has 0 aliphatic heterocycles. The van der Waals surface area contributed by atoms with Crippen LogP contribution in [0.15, 0.2) is 108 Å². The number of ether oxygens (including phenoxy) is 1. The summed E-state index contributed by atoms with van der Waals surface area (Å²) < 4.78 is 51.8. The van der Waals surface area contributed by atoms with Gasteiger partial charge in [0.15, 0.2) is 5.76 Å². The van der Waals surface area contributed by atoms with Gasteiger partial charge in [-0.2, -0.15) is 18.3 Å². The third kappa shape index (κ3) is 5.29. The Hall–Kier alpha value is -4.85. The van der Waals surface area contributed by atoms with Crippen molar-refractivity contribution < 1.29 is 27.1 Å². The minimum Gasteiger partial charge on any atom is -0.497 e. The van der Waals surface area contributed by atoms with Crippen LogP contribution in [0, 0.1) is 0 Å². The van der Waals surface area contributed by atoms with E-state index in [0.717, 1.165) is 23.4 Å². The zero-order valence-corrected chi connectivity index (χ0v) is 20.1. The van der Waals surface area contributed by atoms with E-state index in [0.29, 0.717) is 17.0 Å². The van der Waals surface area contributed by atoms with E-state index in [4.69, 9.17) is 14.3 Å². The summed E-state index contributed by atoms with van der Waals surface area (Å²) in [6, 6.07) is 24.7. The first-order valence-corrected chi connectivity index (χ1v) is 11.6. The number of carbonyl (C=O) groups excluding carboxylic acids is 1. The lowest BCUT2D eigenvalue weighted by atomic mass is 10.1. The van der Waals surface area contributed by atoms with Gasteiger partial charge in [-0.3, -0.25) is 4.79 Å². The topological polar surface area (TPSA) is 57.3 Å². The monoisotopic (exact) mass is 514 g/mol. The Morgan fingerprint density at radius 1 is 0.921 bits per heavy atom. The first-order valence-electron chi connectivity index (χ1n) is 11.6. The lowest BCUT2D eigenvalue weighted by Gasteiger charge is -2.07. The van der Waals surface area contributed by atoms with Crippen molar-refractivity contribution in [2.75, 3.05) is 7.11 Å². The number of furan rings is 1. The third-order valence-corrected chi connectivity index (χ3v) is 5.86. The van der Waals surface area contributed by atoms with Crippen molar-refractivity contribution in [3.63, 3.8) is 0 Å². The largest absolute Gasteiger partial charge is 0.497 e. The van der Waals surface area contributed by atoms with E-state index in [-0.39, 0.29) is 17.1 Å². The Bertz CT molecular complexity index is 1600. The van der Waals surface area contributed by atoms with Gasteiger partial charge in [0.1, 0.15) is 11.5 Å². The highest BCUT2D eigenvalue weighted by atomic mass is 19.4. The molecule has 0 amide bonds. The molecule has 0 spiro atoms. The molecule has 0 saturated carbocycles. The van der Waals surface area contributed by atoms with E-state index < -0.39 is 17.5 Å². The number of methoxy groups -OCH3 is 1. The maximum absolute atomic E-state index is 13.1. The molecule has 0 saturated heterocycles. The summed E-state index contributed by atoms with van der Waals surface area (Å²) in [5, 5.41) is 4.73. The van der Waals surface area contributed by atoms with Crippen molar-refractivity contribution >= 4 is 11.9 Å². The first-order chi connectivity index (χ1) is 18.3. The number of ketones is 1. The molecule has 5 aromatic rings. The van der Waals surface area contributed by atoms with E-state index in [2.05, 4.69) is 0 Å². The molecule has 5 nitrogen and oxygen atoms in total. The smallest absolute Gasteiger partial charge is 0.416 e. The van der Waals surface area contributed by atoms with Crippen LogP contribution < -0.4 is 4.74 Å². The van der Waals surface area contributed by atoms with Crippen molar-refractivity contribution in [2.24, 2.45) is 0 Å². The van der Waals surface area contributed by atoms with Crippen LogP contribution in [0.3, 0.4) is 0 Å². The number of aromatic nitrogens is 2. The van der Waals surface area contributed by atoms with Gasteiger partial charge in [-0.05, 0) is 72.8 Å². The fraction of sp³-hybridized carbons (Fsp3) is 0.0667. The molecule has 0 N–H and O–H groups in total. The van der Waals surface area contributed by atoms with Gasteiger partial charge in [0.05, 0.1) is 24.1 Å². The van der Waals surface area contributed by atoms with Gasteiger partial charge in [0.25, 0.3) is 0 Å². The Labute approximate surface area is 216 Å². The van der Waals surface area contributed by atoms with Crippen molar-refractivity contribution in [3.8, 4) is 34.0 Å². The van der Waals surface area contributed by atoms with Crippen molar-refractivity contribution in [3.05, 3.63) is 120 Å². The van der Waals surface area contributed by atoms with Gasteiger partial charge in [-0.15, -0.1) is 0 Å². The molecular weight excluding hydrogens is 493 g/mol. The molecule has 0 atom stereocenters. The van der Waals surface area contributed by atoms with Crippen LogP contribution in [0.25, 0.3) is 34.3 Å². The zero-order chi connectivity index (χ0) is 26.7. The minimum atomic E-state index is -4.48. The van der Waals surface area contributed by atoms with E-state index >= 15 is 0 Å². The van der Waals surface area contributed by atoms with Crippen LogP contribution in [0.1, 0.15) is 21.7 Å². The van der Waals surface area contributed by atoms with Crippen LogP contribution in [0.5, 0.6) is 5.75 Å². The highest BCUT2D eigenvalue weighted by Gasteiger charge is 2.30.